The molecule has 2 aromatic carbocycles. The lowest BCUT2D eigenvalue weighted by molar-refractivity contribution is -0.109. The highest BCUT2D eigenvalue weighted by atomic mass is 16.5. The molecular weight excluding hydrogens is 420 g/mol. The van der Waals surface area contributed by atoms with E-state index in [2.05, 4.69) is 31.3 Å². The molecular formula is C24H24N6O3. The Morgan fingerprint density at radius 2 is 1.91 bits per heavy atom. The molecule has 9 heteroatoms. The van der Waals surface area contributed by atoms with E-state index in [-0.39, 0.29) is 6.04 Å². The molecule has 1 N–H and O–H groups in total. The average Bonchev–Trinajstić information content (AvgIpc) is 3.45. The maximum atomic E-state index is 12.0. The fraction of sp³-hybridized carbons (Fsp3) is 0.250. The van der Waals surface area contributed by atoms with Crippen LogP contribution in [0.1, 0.15) is 17.3 Å². The predicted octanol–water partition coefficient (Wildman–Crippen LogP) is 3.43. The van der Waals surface area contributed by atoms with E-state index < -0.39 is 0 Å². The molecule has 3 heterocycles. The van der Waals surface area contributed by atoms with Gasteiger partial charge in [-0.3, -0.25) is 4.68 Å². The van der Waals surface area contributed by atoms with Gasteiger partial charge in [-0.15, -0.1) is 0 Å². The second kappa shape index (κ2) is 8.42. The molecule has 0 fully saturated rings. The third-order valence-electron chi connectivity index (χ3n) is 6.04. The van der Waals surface area contributed by atoms with E-state index >= 15 is 0 Å². The molecule has 0 aliphatic carbocycles. The summed E-state index contributed by atoms with van der Waals surface area (Å²) in [5, 5.41) is 8.45. The van der Waals surface area contributed by atoms with Gasteiger partial charge in [0.05, 0.1) is 25.4 Å². The molecule has 1 aliphatic rings. The van der Waals surface area contributed by atoms with Crippen LogP contribution in [0.3, 0.4) is 0 Å². The highest BCUT2D eigenvalue weighted by molar-refractivity contribution is 5.93. The van der Waals surface area contributed by atoms with Crippen LogP contribution in [0.15, 0.2) is 48.9 Å². The second-order valence-electron chi connectivity index (χ2n) is 7.82. The molecule has 0 spiro atoms. The van der Waals surface area contributed by atoms with Crippen LogP contribution in [-0.4, -0.2) is 46.8 Å². The lowest BCUT2D eigenvalue weighted by atomic mass is 10.1. The molecule has 2 aromatic heterocycles. The molecule has 0 saturated carbocycles. The van der Waals surface area contributed by atoms with E-state index in [0.29, 0.717) is 17.3 Å². The lowest BCUT2D eigenvalue weighted by Crippen LogP contribution is -2.29. The Kier molecular flexibility index (Phi) is 5.29. The lowest BCUT2D eigenvalue weighted by Gasteiger charge is -2.26. The van der Waals surface area contributed by atoms with Crippen LogP contribution in [0.4, 0.5) is 17.2 Å². The number of rotatable bonds is 7. The Hall–Kier alpha value is -4.14. The van der Waals surface area contributed by atoms with Crippen LogP contribution in [0.25, 0.3) is 10.9 Å². The number of ether oxygens (including phenoxy) is 2. The SMILES string of the molecule is COc1cc2ncnc(Nc3ccc4c(c3)CCN4C(C=O)c3ccnn3C)c2cc1OC. The van der Waals surface area contributed by atoms with Crippen molar-refractivity contribution in [2.24, 2.45) is 7.05 Å². The Morgan fingerprint density at radius 3 is 2.64 bits per heavy atom. The molecule has 0 bridgehead atoms. The van der Waals surface area contributed by atoms with Crippen LogP contribution in [0.2, 0.25) is 0 Å². The number of benzene rings is 2. The van der Waals surface area contributed by atoms with Crippen LogP contribution < -0.4 is 19.7 Å². The average molecular weight is 444 g/mol. The van der Waals surface area contributed by atoms with E-state index in [1.807, 2.05) is 37.4 Å². The second-order valence-corrected chi connectivity index (χ2v) is 7.82. The van der Waals surface area contributed by atoms with Crippen molar-refractivity contribution in [2.45, 2.75) is 12.5 Å². The van der Waals surface area contributed by atoms with E-state index in [1.165, 1.54) is 11.9 Å². The number of hydrogen-bond acceptors (Lipinski definition) is 8. The van der Waals surface area contributed by atoms with Crippen molar-refractivity contribution in [1.82, 2.24) is 19.7 Å². The smallest absolute Gasteiger partial charge is 0.162 e. The fourth-order valence-corrected chi connectivity index (χ4v) is 4.39. The van der Waals surface area contributed by atoms with E-state index in [0.717, 1.165) is 47.2 Å². The van der Waals surface area contributed by atoms with Crippen molar-refractivity contribution in [2.75, 3.05) is 31.0 Å². The quantitative estimate of drug-likeness (QED) is 0.433. The molecule has 0 amide bonds. The Morgan fingerprint density at radius 1 is 1.09 bits per heavy atom. The summed E-state index contributed by atoms with van der Waals surface area (Å²) in [5.74, 6) is 1.91. The number of anilines is 3. The number of nitrogens with one attached hydrogen (secondary N) is 1. The molecule has 9 nitrogen and oxygen atoms in total. The predicted molar refractivity (Wildman–Crippen MR) is 125 cm³/mol. The highest BCUT2D eigenvalue weighted by Gasteiger charge is 2.29. The fourth-order valence-electron chi connectivity index (χ4n) is 4.39. The number of hydrogen-bond donors (Lipinski definition) is 1. The van der Waals surface area contributed by atoms with Gasteiger partial charge in [0, 0.05) is 42.6 Å². The Labute approximate surface area is 191 Å². The van der Waals surface area contributed by atoms with Gasteiger partial charge in [-0.2, -0.15) is 5.10 Å². The summed E-state index contributed by atoms with van der Waals surface area (Å²) < 4.78 is 12.6. The molecule has 168 valence electrons. The maximum Gasteiger partial charge on any atom is 0.162 e. The van der Waals surface area contributed by atoms with Crippen molar-refractivity contribution in [1.29, 1.82) is 0 Å². The third-order valence-corrected chi connectivity index (χ3v) is 6.04. The van der Waals surface area contributed by atoms with Crippen molar-refractivity contribution >= 4 is 34.4 Å². The van der Waals surface area contributed by atoms with Crippen molar-refractivity contribution in [3.8, 4) is 11.5 Å². The zero-order chi connectivity index (χ0) is 22.9. The molecule has 1 aliphatic heterocycles. The van der Waals surface area contributed by atoms with Crippen molar-refractivity contribution in [3.05, 3.63) is 60.2 Å². The van der Waals surface area contributed by atoms with Gasteiger partial charge >= 0.3 is 0 Å². The summed E-state index contributed by atoms with van der Waals surface area (Å²) in [6.45, 7) is 0.765. The van der Waals surface area contributed by atoms with Crippen LogP contribution in [-0.2, 0) is 18.3 Å². The summed E-state index contributed by atoms with van der Waals surface area (Å²) >= 11 is 0. The molecule has 5 rings (SSSR count). The number of carbonyl (C=O) groups is 1. The monoisotopic (exact) mass is 444 g/mol. The van der Waals surface area contributed by atoms with Gasteiger partial charge < -0.3 is 24.5 Å². The minimum atomic E-state index is -0.370. The number of nitrogens with zero attached hydrogens (tertiary/aromatic N) is 5. The van der Waals surface area contributed by atoms with Crippen molar-refractivity contribution in [3.63, 3.8) is 0 Å². The van der Waals surface area contributed by atoms with Gasteiger partial charge in [0.15, 0.2) is 11.5 Å². The normalized spacial score (nSPS) is 13.6. The zero-order valence-electron chi connectivity index (χ0n) is 18.6. The topological polar surface area (TPSA) is 94.4 Å². The van der Waals surface area contributed by atoms with Gasteiger partial charge in [0.2, 0.25) is 0 Å². The Balaban J connectivity index is 1.46. The molecule has 4 aromatic rings. The number of carbonyl (C=O) groups excluding carboxylic acids is 1. The molecule has 0 saturated heterocycles. The Bertz CT molecular complexity index is 1340. The minimum absolute atomic E-state index is 0.370. The van der Waals surface area contributed by atoms with Gasteiger partial charge in [-0.05, 0) is 42.3 Å². The van der Waals surface area contributed by atoms with E-state index in [4.69, 9.17) is 9.47 Å². The number of methoxy groups -OCH3 is 2. The molecule has 33 heavy (non-hydrogen) atoms. The molecule has 0 radical (unpaired) electrons. The summed E-state index contributed by atoms with van der Waals surface area (Å²) in [7, 11) is 5.05. The summed E-state index contributed by atoms with van der Waals surface area (Å²) in [4.78, 5) is 22.9. The van der Waals surface area contributed by atoms with Crippen LogP contribution in [0, 0.1) is 0 Å². The maximum absolute atomic E-state index is 12.0. The number of aldehydes is 1. The van der Waals surface area contributed by atoms with Crippen molar-refractivity contribution < 1.29 is 14.3 Å². The first-order valence-electron chi connectivity index (χ1n) is 10.6. The van der Waals surface area contributed by atoms with E-state index in [1.54, 1.807) is 25.1 Å². The largest absolute Gasteiger partial charge is 0.493 e. The van der Waals surface area contributed by atoms with E-state index in [9.17, 15) is 4.79 Å². The number of fused-ring (bicyclic) bond motifs is 2. The summed E-state index contributed by atoms with van der Waals surface area (Å²) in [5.41, 5.74) is 4.76. The first kappa shape index (κ1) is 20.7. The minimum Gasteiger partial charge on any atom is -0.493 e. The first-order valence-corrected chi connectivity index (χ1v) is 10.6. The number of aromatic nitrogens is 4. The zero-order valence-corrected chi connectivity index (χ0v) is 18.6. The van der Waals surface area contributed by atoms with Gasteiger partial charge in [0.25, 0.3) is 0 Å². The molecule has 1 unspecified atom stereocenters. The summed E-state index contributed by atoms with van der Waals surface area (Å²) in [6.07, 6.45) is 5.07. The summed E-state index contributed by atoms with van der Waals surface area (Å²) in [6, 6.07) is 11.4. The third kappa shape index (κ3) is 3.61. The van der Waals surface area contributed by atoms with Crippen LogP contribution >= 0.6 is 0 Å². The highest BCUT2D eigenvalue weighted by Crippen LogP contribution is 2.38. The van der Waals surface area contributed by atoms with Gasteiger partial charge in [-0.1, -0.05) is 0 Å². The van der Waals surface area contributed by atoms with Crippen LogP contribution in [0.5, 0.6) is 11.5 Å². The number of aryl methyl sites for hydroxylation is 1. The standard InChI is InChI=1S/C24H24N6O3/c1-29-20(6-8-27-29)21(13-31)30-9-7-15-10-16(4-5-19(15)30)28-24-17-11-22(32-2)23(33-3)12-18(17)25-14-26-24/h4-6,8,10-14,21H,7,9H2,1-3H3,(H,25,26,28). The van der Waals surface area contributed by atoms with Gasteiger partial charge in [-0.25, -0.2) is 9.97 Å². The molecule has 1 atom stereocenters. The van der Waals surface area contributed by atoms with Gasteiger partial charge in [0.1, 0.15) is 24.5 Å². The first-order chi connectivity index (χ1) is 16.1.